The van der Waals surface area contributed by atoms with Crippen molar-refractivity contribution in [3.05, 3.63) is 70.0 Å². The third-order valence-corrected chi connectivity index (χ3v) is 6.34. The third kappa shape index (κ3) is 6.23. The van der Waals surface area contributed by atoms with Crippen molar-refractivity contribution in [2.24, 2.45) is 0 Å². The molecule has 1 fully saturated rings. The molecule has 0 saturated carbocycles. The Morgan fingerprint density at radius 2 is 1.74 bits per heavy atom. The van der Waals surface area contributed by atoms with E-state index in [9.17, 15) is 9.59 Å². The number of hydrogen-bond donors (Lipinski definition) is 2. The standard InChI is InChI=1S/C26H31N5O3S/c1-17-4-8-21(9-5-17)24-28-29-26(35)31(24)13-12-23(32)27-14-20-6-10-22(11-7-20)25(33)30-15-18(2)34-19(3)16-30/h4-11,18-19H,12-16H2,1-3H3,(H,27,32)(H,29,35). The van der Waals surface area contributed by atoms with Gasteiger partial charge in [-0.1, -0.05) is 42.0 Å². The van der Waals surface area contributed by atoms with Gasteiger partial charge in [0.25, 0.3) is 5.91 Å². The highest BCUT2D eigenvalue weighted by Gasteiger charge is 2.26. The summed E-state index contributed by atoms with van der Waals surface area (Å²) in [7, 11) is 0. The van der Waals surface area contributed by atoms with Crippen LogP contribution >= 0.6 is 12.2 Å². The Bertz CT molecular complexity index is 1220. The predicted octanol–water partition coefficient (Wildman–Crippen LogP) is 3.87. The van der Waals surface area contributed by atoms with Crippen molar-refractivity contribution in [2.75, 3.05) is 13.1 Å². The molecule has 0 spiro atoms. The van der Waals surface area contributed by atoms with Crippen LogP contribution in [0.2, 0.25) is 0 Å². The van der Waals surface area contributed by atoms with Gasteiger partial charge in [-0.25, -0.2) is 0 Å². The average molecular weight is 494 g/mol. The van der Waals surface area contributed by atoms with E-state index < -0.39 is 0 Å². The van der Waals surface area contributed by atoms with Crippen LogP contribution in [0.1, 0.15) is 41.8 Å². The number of morpholine rings is 1. The fraction of sp³-hybridized carbons (Fsp3) is 0.385. The zero-order valence-corrected chi connectivity index (χ0v) is 21.1. The lowest BCUT2D eigenvalue weighted by molar-refractivity contribution is -0.121. The second-order valence-corrected chi connectivity index (χ2v) is 9.45. The largest absolute Gasteiger partial charge is 0.372 e. The number of amides is 2. The number of aromatic nitrogens is 3. The monoisotopic (exact) mass is 493 g/mol. The Morgan fingerprint density at radius 1 is 1.09 bits per heavy atom. The van der Waals surface area contributed by atoms with E-state index in [1.807, 2.05) is 78.8 Å². The molecule has 35 heavy (non-hydrogen) atoms. The van der Waals surface area contributed by atoms with Crippen molar-refractivity contribution in [1.29, 1.82) is 0 Å². The Balaban J connectivity index is 1.30. The highest BCUT2D eigenvalue weighted by atomic mass is 32.1. The van der Waals surface area contributed by atoms with E-state index >= 15 is 0 Å². The van der Waals surface area contributed by atoms with Gasteiger partial charge in [-0.3, -0.25) is 19.3 Å². The van der Waals surface area contributed by atoms with Gasteiger partial charge in [0.2, 0.25) is 5.91 Å². The first-order valence-electron chi connectivity index (χ1n) is 11.8. The Hall–Kier alpha value is -3.30. The molecule has 2 heterocycles. The quantitative estimate of drug-likeness (QED) is 0.488. The van der Waals surface area contributed by atoms with Gasteiger partial charge in [0.05, 0.1) is 12.2 Å². The molecule has 2 amide bonds. The number of ether oxygens (including phenoxy) is 1. The van der Waals surface area contributed by atoms with Crippen LogP contribution in [0.5, 0.6) is 0 Å². The highest BCUT2D eigenvalue weighted by molar-refractivity contribution is 7.71. The maximum Gasteiger partial charge on any atom is 0.254 e. The van der Waals surface area contributed by atoms with Crippen LogP contribution in [0.4, 0.5) is 0 Å². The number of H-pyrrole nitrogens is 1. The molecule has 2 N–H and O–H groups in total. The van der Waals surface area contributed by atoms with Gasteiger partial charge in [-0.15, -0.1) is 0 Å². The minimum Gasteiger partial charge on any atom is -0.372 e. The summed E-state index contributed by atoms with van der Waals surface area (Å²) in [5, 5.41) is 10.1. The molecule has 2 aromatic carbocycles. The zero-order valence-electron chi connectivity index (χ0n) is 20.3. The fourth-order valence-corrected chi connectivity index (χ4v) is 4.47. The lowest BCUT2D eigenvalue weighted by atomic mass is 10.1. The molecule has 1 aliphatic heterocycles. The van der Waals surface area contributed by atoms with Crippen LogP contribution in [0, 0.1) is 11.7 Å². The molecule has 1 aromatic heterocycles. The first-order valence-corrected chi connectivity index (χ1v) is 12.2. The van der Waals surface area contributed by atoms with Crippen molar-refractivity contribution in [2.45, 2.75) is 52.5 Å². The number of aryl methyl sites for hydroxylation is 1. The van der Waals surface area contributed by atoms with E-state index in [0.717, 1.165) is 16.7 Å². The lowest BCUT2D eigenvalue weighted by Crippen LogP contribution is -2.48. The first kappa shape index (κ1) is 24.8. The Labute approximate surface area is 210 Å². The van der Waals surface area contributed by atoms with Crippen molar-refractivity contribution >= 4 is 24.0 Å². The number of carbonyl (C=O) groups is 2. The molecule has 0 aliphatic carbocycles. The summed E-state index contributed by atoms with van der Waals surface area (Å²) in [6, 6.07) is 15.4. The molecule has 184 valence electrons. The molecule has 2 unspecified atom stereocenters. The number of nitrogens with zero attached hydrogens (tertiary/aromatic N) is 3. The van der Waals surface area contributed by atoms with Gasteiger partial charge < -0.3 is 15.0 Å². The van der Waals surface area contributed by atoms with Crippen molar-refractivity contribution in [1.82, 2.24) is 25.0 Å². The normalized spacial score (nSPS) is 17.9. The van der Waals surface area contributed by atoms with Crippen molar-refractivity contribution in [3.63, 3.8) is 0 Å². The summed E-state index contributed by atoms with van der Waals surface area (Å²) in [5.74, 6) is 0.635. The Morgan fingerprint density at radius 3 is 2.40 bits per heavy atom. The number of nitrogens with one attached hydrogen (secondary N) is 2. The molecule has 8 nitrogen and oxygen atoms in total. The number of carbonyl (C=O) groups excluding carboxylic acids is 2. The van der Waals surface area contributed by atoms with Gasteiger partial charge >= 0.3 is 0 Å². The van der Waals surface area contributed by atoms with Gasteiger partial charge in [-0.05, 0) is 50.7 Å². The van der Waals surface area contributed by atoms with E-state index in [1.165, 1.54) is 0 Å². The van der Waals surface area contributed by atoms with Gasteiger partial charge in [0.15, 0.2) is 10.6 Å². The van der Waals surface area contributed by atoms with Gasteiger partial charge in [0.1, 0.15) is 0 Å². The number of aromatic amines is 1. The maximum atomic E-state index is 12.8. The highest BCUT2D eigenvalue weighted by Crippen LogP contribution is 2.18. The minimum absolute atomic E-state index is 0.00354. The average Bonchev–Trinajstić information content (AvgIpc) is 3.21. The van der Waals surface area contributed by atoms with Crippen LogP contribution in [0.15, 0.2) is 48.5 Å². The molecule has 9 heteroatoms. The van der Waals surface area contributed by atoms with Crippen LogP contribution in [0.25, 0.3) is 11.4 Å². The van der Waals surface area contributed by atoms with E-state index in [1.54, 1.807) is 0 Å². The molecule has 3 aromatic rings. The van der Waals surface area contributed by atoms with Crippen LogP contribution in [-0.2, 0) is 22.6 Å². The van der Waals surface area contributed by atoms with Gasteiger partial charge in [-0.2, -0.15) is 5.10 Å². The van der Waals surface area contributed by atoms with Crippen molar-refractivity contribution < 1.29 is 14.3 Å². The third-order valence-electron chi connectivity index (χ3n) is 6.03. The summed E-state index contributed by atoms with van der Waals surface area (Å²) >= 11 is 5.36. The number of hydrogen-bond acceptors (Lipinski definition) is 5. The summed E-state index contributed by atoms with van der Waals surface area (Å²) in [6.45, 7) is 7.98. The molecule has 1 saturated heterocycles. The van der Waals surface area contributed by atoms with Crippen LogP contribution in [-0.4, -0.2) is 56.8 Å². The second kappa shape index (κ2) is 11.0. The number of benzene rings is 2. The van der Waals surface area contributed by atoms with Crippen LogP contribution < -0.4 is 5.32 Å². The summed E-state index contributed by atoms with van der Waals surface area (Å²) in [4.78, 5) is 27.2. The zero-order chi connectivity index (χ0) is 24.9. The second-order valence-electron chi connectivity index (χ2n) is 9.06. The molecule has 4 rings (SSSR count). The van der Waals surface area contributed by atoms with E-state index in [4.69, 9.17) is 17.0 Å². The fourth-order valence-electron chi connectivity index (χ4n) is 4.24. The van der Waals surface area contributed by atoms with Crippen LogP contribution in [0.3, 0.4) is 0 Å². The van der Waals surface area contributed by atoms with E-state index in [-0.39, 0.29) is 30.4 Å². The molecular formula is C26H31N5O3S. The first-order chi connectivity index (χ1) is 16.8. The molecule has 2 atom stereocenters. The Kier molecular flexibility index (Phi) is 7.77. The smallest absolute Gasteiger partial charge is 0.254 e. The topological polar surface area (TPSA) is 92.2 Å². The van der Waals surface area contributed by atoms with Gasteiger partial charge in [0, 0.05) is 43.7 Å². The van der Waals surface area contributed by atoms with E-state index in [0.29, 0.717) is 42.3 Å². The summed E-state index contributed by atoms with van der Waals surface area (Å²) in [5.41, 5.74) is 3.67. The minimum atomic E-state index is -0.0839. The molecule has 0 radical (unpaired) electrons. The number of rotatable bonds is 7. The summed E-state index contributed by atoms with van der Waals surface area (Å²) < 4.78 is 8.04. The lowest BCUT2D eigenvalue weighted by Gasteiger charge is -2.35. The molecule has 0 bridgehead atoms. The molecule has 1 aliphatic rings. The van der Waals surface area contributed by atoms with E-state index in [2.05, 4.69) is 15.5 Å². The van der Waals surface area contributed by atoms with Crippen molar-refractivity contribution in [3.8, 4) is 11.4 Å². The SMILES string of the molecule is Cc1ccc(-c2n[nH]c(=S)n2CCC(=O)NCc2ccc(C(=O)N3CC(C)OC(C)C3)cc2)cc1. The maximum absolute atomic E-state index is 12.8. The predicted molar refractivity (Wildman–Crippen MR) is 136 cm³/mol. The summed E-state index contributed by atoms with van der Waals surface area (Å²) in [6.07, 6.45) is 0.334. The molecular weight excluding hydrogens is 462 g/mol.